The van der Waals surface area contributed by atoms with Crippen LogP contribution >= 0.6 is 0 Å². The molecule has 1 N–H and O–H groups in total. The molecule has 0 aliphatic carbocycles. The van der Waals surface area contributed by atoms with Crippen molar-refractivity contribution in [2.75, 3.05) is 20.6 Å². The third kappa shape index (κ3) is 6.90. The number of hydrogen-bond acceptors (Lipinski definition) is 1. The smallest absolute Gasteiger partial charge is 0.316 e. The zero-order valence-electron chi connectivity index (χ0n) is 7.68. The van der Waals surface area contributed by atoms with Gasteiger partial charge in [-0.2, -0.15) is 0 Å². The van der Waals surface area contributed by atoms with Crippen molar-refractivity contribution in [2.24, 2.45) is 0 Å². The highest BCUT2D eigenvalue weighted by molar-refractivity contribution is 5.73. The minimum absolute atomic E-state index is 0.0168. The third-order valence-electron chi connectivity index (χ3n) is 1.12. The summed E-state index contributed by atoms with van der Waals surface area (Å²) in [5.74, 6) is 0. The van der Waals surface area contributed by atoms with Crippen LogP contribution in [-0.4, -0.2) is 31.6 Å². The molecule has 0 bridgehead atoms. The summed E-state index contributed by atoms with van der Waals surface area (Å²) in [7, 11) is 3.41. The molecule has 2 amide bonds. The molecule has 0 rings (SSSR count). The second-order valence-corrected chi connectivity index (χ2v) is 1.98. The number of carbonyl (C=O) groups is 1. The summed E-state index contributed by atoms with van der Waals surface area (Å²) in [4.78, 5) is 12.4. The Morgan fingerprint density at radius 3 is 2.27 bits per heavy atom. The Kier molecular flexibility index (Phi) is 10.4. The number of hydrogen-bond donors (Lipinski definition) is 1. The molecule has 0 atom stereocenters. The molecule has 0 fully saturated rings. The molecule has 0 aliphatic rings. The molecule has 3 nitrogen and oxygen atoms in total. The van der Waals surface area contributed by atoms with Gasteiger partial charge in [0.25, 0.3) is 0 Å². The first kappa shape index (κ1) is 12.7. The van der Waals surface area contributed by atoms with E-state index >= 15 is 0 Å². The molecule has 0 saturated carbocycles. The summed E-state index contributed by atoms with van der Waals surface area (Å²) >= 11 is 0. The van der Waals surface area contributed by atoms with E-state index in [1.165, 1.54) is 0 Å². The molecule has 0 radical (unpaired) electrons. The molecule has 0 aromatic heterocycles. The summed E-state index contributed by atoms with van der Waals surface area (Å²) in [5.41, 5.74) is 0. The monoisotopic (exact) mass is 158 g/mol. The lowest BCUT2D eigenvalue weighted by Crippen LogP contribution is -2.35. The van der Waals surface area contributed by atoms with Crippen LogP contribution in [0.2, 0.25) is 0 Å². The number of carbonyl (C=O) groups excluding carboxylic acids is 1. The molecule has 0 aromatic rings. The molecule has 0 aromatic carbocycles. The number of rotatable bonds is 2. The first-order chi connectivity index (χ1) is 5.22. The Morgan fingerprint density at radius 2 is 2.00 bits per heavy atom. The lowest BCUT2D eigenvalue weighted by atomic mass is 10.4. The Morgan fingerprint density at radius 1 is 1.55 bits per heavy atom. The van der Waals surface area contributed by atoms with Gasteiger partial charge in [0.05, 0.1) is 0 Å². The van der Waals surface area contributed by atoms with Crippen molar-refractivity contribution in [3.05, 3.63) is 13.2 Å². The topological polar surface area (TPSA) is 32.3 Å². The third-order valence-corrected chi connectivity index (χ3v) is 1.12. The van der Waals surface area contributed by atoms with Gasteiger partial charge in [-0.25, -0.2) is 4.79 Å². The second kappa shape index (κ2) is 9.01. The standard InChI is InChI=1S/C6H14N2O.C2H4/c1-4-5-8(3)6(9)7-2;1-2/h4-5H2,1-3H3,(H,7,9);1-2H2. The first-order valence-corrected chi connectivity index (χ1v) is 3.65. The van der Waals surface area contributed by atoms with Crippen molar-refractivity contribution in [1.82, 2.24) is 10.2 Å². The molecular weight excluding hydrogens is 140 g/mol. The first-order valence-electron chi connectivity index (χ1n) is 3.65. The summed E-state index contributed by atoms with van der Waals surface area (Å²) < 4.78 is 0. The van der Waals surface area contributed by atoms with Gasteiger partial charge in [-0.1, -0.05) is 6.92 Å². The van der Waals surface area contributed by atoms with E-state index < -0.39 is 0 Å². The summed E-state index contributed by atoms with van der Waals surface area (Å²) in [6.45, 7) is 8.86. The van der Waals surface area contributed by atoms with Crippen molar-refractivity contribution in [3.8, 4) is 0 Å². The molecule has 0 saturated heterocycles. The van der Waals surface area contributed by atoms with Crippen molar-refractivity contribution in [3.63, 3.8) is 0 Å². The van der Waals surface area contributed by atoms with E-state index in [4.69, 9.17) is 0 Å². The minimum atomic E-state index is -0.0168. The largest absolute Gasteiger partial charge is 0.341 e. The van der Waals surface area contributed by atoms with Crippen molar-refractivity contribution < 1.29 is 4.79 Å². The van der Waals surface area contributed by atoms with Gasteiger partial charge in [0.2, 0.25) is 0 Å². The fourth-order valence-corrected chi connectivity index (χ4v) is 0.628. The van der Waals surface area contributed by atoms with Gasteiger partial charge in [0, 0.05) is 20.6 Å². The van der Waals surface area contributed by atoms with Crippen LogP contribution in [0.3, 0.4) is 0 Å². The molecular formula is C8H18N2O. The van der Waals surface area contributed by atoms with E-state index in [-0.39, 0.29) is 6.03 Å². The Balaban J connectivity index is 0. The van der Waals surface area contributed by atoms with Gasteiger partial charge in [-0.05, 0) is 6.42 Å². The lowest BCUT2D eigenvalue weighted by molar-refractivity contribution is 0.211. The Bertz CT molecular complexity index is 104. The van der Waals surface area contributed by atoms with E-state index in [0.717, 1.165) is 13.0 Å². The zero-order chi connectivity index (χ0) is 9.28. The van der Waals surface area contributed by atoms with Gasteiger partial charge < -0.3 is 10.2 Å². The number of nitrogens with zero attached hydrogens (tertiary/aromatic N) is 1. The Labute approximate surface area is 69.1 Å². The van der Waals surface area contributed by atoms with E-state index in [1.54, 1.807) is 19.0 Å². The van der Waals surface area contributed by atoms with Gasteiger partial charge in [-0.15, -0.1) is 13.2 Å². The highest BCUT2D eigenvalue weighted by atomic mass is 16.2. The second-order valence-electron chi connectivity index (χ2n) is 1.98. The van der Waals surface area contributed by atoms with Gasteiger partial charge in [0.15, 0.2) is 0 Å². The maximum Gasteiger partial charge on any atom is 0.316 e. The normalized spacial score (nSPS) is 7.55. The Hall–Kier alpha value is -0.990. The van der Waals surface area contributed by atoms with Crippen LogP contribution in [0.4, 0.5) is 4.79 Å². The fourth-order valence-electron chi connectivity index (χ4n) is 0.628. The van der Waals surface area contributed by atoms with E-state index in [9.17, 15) is 4.79 Å². The highest BCUT2D eigenvalue weighted by Gasteiger charge is 2.01. The van der Waals surface area contributed by atoms with Crippen LogP contribution in [0.25, 0.3) is 0 Å². The van der Waals surface area contributed by atoms with Crippen molar-refractivity contribution in [1.29, 1.82) is 0 Å². The van der Waals surface area contributed by atoms with Crippen LogP contribution < -0.4 is 5.32 Å². The zero-order valence-corrected chi connectivity index (χ0v) is 7.68. The molecule has 3 heteroatoms. The molecule has 66 valence electrons. The van der Waals surface area contributed by atoms with E-state index in [1.807, 2.05) is 6.92 Å². The molecule has 0 spiro atoms. The molecule has 0 aliphatic heterocycles. The maximum atomic E-state index is 10.7. The predicted molar refractivity (Wildman–Crippen MR) is 48.6 cm³/mol. The highest BCUT2D eigenvalue weighted by Crippen LogP contribution is 1.84. The van der Waals surface area contributed by atoms with Crippen LogP contribution in [0.1, 0.15) is 13.3 Å². The predicted octanol–water partition coefficient (Wildman–Crippen LogP) is 1.47. The fraction of sp³-hybridized carbons (Fsp3) is 0.625. The molecule has 0 heterocycles. The quantitative estimate of drug-likeness (QED) is 0.606. The van der Waals surface area contributed by atoms with Gasteiger partial charge in [-0.3, -0.25) is 0 Å². The number of nitrogens with one attached hydrogen (secondary N) is 1. The van der Waals surface area contributed by atoms with Crippen LogP contribution in [0.5, 0.6) is 0 Å². The number of urea groups is 1. The van der Waals surface area contributed by atoms with Gasteiger partial charge >= 0.3 is 6.03 Å². The maximum absolute atomic E-state index is 10.7. The number of amides is 2. The average molecular weight is 158 g/mol. The summed E-state index contributed by atoms with van der Waals surface area (Å²) in [5, 5.41) is 2.54. The lowest BCUT2D eigenvalue weighted by Gasteiger charge is -2.14. The van der Waals surface area contributed by atoms with Gasteiger partial charge in [0.1, 0.15) is 0 Å². The van der Waals surface area contributed by atoms with E-state index in [2.05, 4.69) is 18.5 Å². The summed E-state index contributed by atoms with van der Waals surface area (Å²) in [6.07, 6.45) is 1.00. The van der Waals surface area contributed by atoms with Crippen LogP contribution in [0, 0.1) is 0 Å². The SMILES string of the molecule is C=C.CCCN(C)C(=O)NC. The van der Waals surface area contributed by atoms with Crippen molar-refractivity contribution >= 4 is 6.03 Å². The molecule has 0 unspecified atom stereocenters. The average Bonchev–Trinajstić information content (AvgIpc) is 2.07. The molecule has 11 heavy (non-hydrogen) atoms. The van der Waals surface area contributed by atoms with E-state index in [0.29, 0.717) is 0 Å². The summed E-state index contributed by atoms with van der Waals surface area (Å²) in [6, 6.07) is -0.0168. The van der Waals surface area contributed by atoms with Crippen LogP contribution in [0.15, 0.2) is 13.2 Å². The van der Waals surface area contributed by atoms with Crippen LogP contribution in [-0.2, 0) is 0 Å². The van der Waals surface area contributed by atoms with Crippen molar-refractivity contribution in [2.45, 2.75) is 13.3 Å². The minimum Gasteiger partial charge on any atom is -0.341 e.